The van der Waals surface area contributed by atoms with Crippen molar-refractivity contribution in [2.45, 2.75) is 59.0 Å². The van der Waals surface area contributed by atoms with Gasteiger partial charge in [0.1, 0.15) is 0 Å². The van der Waals surface area contributed by atoms with E-state index in [0.29, 0.717) is 0 Å². The molecule has 3 rings (SSSR count). The lowest BCUT2D eigenvalue weighted by Crippen LogP contribution is -2.29. The van der Waals surface area contributed by atoms with Gasteiger partial charge >= 0.3 is 0 Å². The third kappa shape index (κ3) is 7.10. The van der Waals surface area contributed by atoms with Crippen LogP contribution in [0.25, 0.3) is 10.9 Å². The molecule has 0 aliphatic rings. The Labute approximate surface area is 193 Å². The average Bonchev–Trinajstić information content (AvgIpc) is 3.14. The van der Waals surface area contributed by atoms with Crippen molar-refractivity contribution in [2.24, 2.45) is 0 Å². The predicted molar refractivity (Wildman–Crippen MR) is 135 cm³/mol. The van der Waals surface area contributed by atoms with E-state index in [4.69, 9.17) is 11.6 Å². The van der Waals surface area contributed by atoms with Crippen LogP contribution in [0, 0.1) is 0 Å². The summed E-state index contributed by atoms with van der Waals surface area (Å²) in [5, 5.41) is 5.84. The number of hydrogen-bond donors (Lipinski definition) is 1. The minimum Gasteiger partial charge on any atom is -0.343 e. The second-order valence-electron chi connectivity index (χ2n) is 8.47. The smallest absolute Gasteiger partial charge is 0.0491 e. The molecular formula is C27H38ClN3. The molecule has 3 aromatic rings. The molecule has 0 aliphatic heterocycles. The third-order valence-corrected chi connectivity index (χ3v) is 6.34. The number of unbranched alkanes of at least 4 members (excludes halogenated alkanes) is 2. The van der Waals surface area contributed by atoms with Gasteiger partial charge in [0.2, 0.25) is 0 Å². The minimum absolute atomic E-state index is 0.796. The summed E-state index contributed by atoms with van der Waals surface area (Å²) in [7, 11) is 0. The van der Waals surface area contributed by atoms with Crippen LogP contribution >= 0.6 is 11.6 Å². The number of hydrogen-bond acceptors (Lipinski definition) is 2. The Kier molecular flexibility index (Phi) is 9.92. The zero-order valence-electron chi connectivity index (χ0n) is 19.2. The first-order chi connectivity index (χ1) is 15.2. The van der Waals surface area contributed by atoms with Crippen LogP contribution in [0.4, 0.5) is 0 Å². The van der Waals surface area contributed by atoms with Gasteiger partial charge in [-0.15, -0.1) is 0 Å². The number of nitrogens with zero attached hydrogens (tertiary/aromatic N) is 2. The number of rotatable bonds is 14. The van der Waals surface area contributed by atoms with Gasteiger partial charge in [-0.2, -0.15) is 0 Å². The van der Waals surface area contributed by atoms with Crippen molar-refractivity contribution >= 4 is 22.5 Å². The molecule has 1 N–H and O–H groups in total. The van der Waals surface area contributed by atoms with Crippen molar-refractivity contribution in [3.63, 3.8) is 0 Å². The highest BCUT2D eigenvalue weighted by molar-refractivity contribution is 6.31. The van der Waals surface area contributed by atoms with Crippen molar-refractivity contribution in [1.29, 1.82) is 0 Å². The standard InChI is InChI=1S/C27H38ClN3/c1-3-5-17-30(18-6-4-2)19-11-16-29-20-24-22-31(27-15-10-8-13-25(24)27)21-23-12-7-9-14-26(23)28/h7-10,12-15,22,29H,3-6,11,16-21H2,1-2H3. The predicted octanol–water partition coefficient (Wildman–Crippen LogP) is 6.72. The van der Waals surface area contributed by atoms with Gasteiger partial charge in [0, 0.05) is 35.2 Å². The van der Waals surface area contributed by atoms with Crippen molar-refractivity contribution in [3.8, 4) is 0 Å². The second-order valence-corrected chi connectivity index (χ2v) is 8.88. The first kappa shape index (κ1) is 23.8. The van der Waals surface area contributed by atoms with Crippen LogP contribution in [0.3, 0.4) is 0 Å². The highest BCUT2D eigenvalue weighted by Crippen LogP contribution is 2.24. The number of benzene rings is 2. The van der Waals surface area contributed by atoms with E-state index < -0.39 is 0 Å². The second kappa shape index (κ2) is 12.9. The number of nitrogens with one attached hydrogen (secondary N) is 1. The number of fused-ring (bicyclic) bond motifs is 1. The normalized spacial score (nSPS) is 11.6. The van der Waals surface area contributed by atoms with Crippen molar-refractivity contribution in [2.75, 3.05) is 26.2 Å². The largest absolute Gasteiger partial charge is 0.343 e. The zero-order valence-corrected chi connectivity index (χ0v) is 20.0. The minimum atomic E-state index is 0.796. The highest BCUT2D eigenvalue weighted by Gasteiger charge is 2.10. The summed E-state index contributed by atoms with van der Waals surface area (Å²) in [5.74, 6) is 0. The molecule has 0 amide bonds. The SMILES string of the molecule is CCCCN(CCCC)CCCNCc1cn(Cc2ccccc2Cl)c2ccccc12. The lowest BCUT2D eigenvalue weighted by atomic mass is 10.2. The molecule has 0 saturated heterocycles. The quantitative estimate of drug-likeness (QED) is 0.281. The fourth-order valence-electron chi connectivity index (χ4n) is 4.15. The van der Waals surface area contributed by atoms with Gasteiger partial charge in [0.05, 0.1) is 0 Å². The molecule has 1 aromatic heterocycles. The lowest BCUT2D eigenvalue weighted by Gasteiger charge is -2.21. The average molecular weight is 440 g/mol. The van der Waals surface area contributed by atoms with Crippen LogP contribution < -0.4 is 5.32 Å². The van der Waals surface area contributed by atoms with E-state index in [1.165, 1.54) is 68.2 Å². The van der Waals surface area contributed by atoms with Crippen molar-refractivity contribution in [1.82, 2.24) is 14.8 Å². The van der Waals surface area contributed by atoms with Gasteiger partial charge < -0.3 is 14.8 Å². The van der Waals surface area contributed by atoms with Crippen LogP contribution in [-0.4, -0.2) is 35.6 Å². The molecule has 1 heterocycles. The Hall–Kier alpha value is -1.81. The number of halogens is 1. The van der Waals surface area contributed by atoms with E-state index in [1.54, 1.807) is 0 Å². The molecule has 0 spiro atoms. The van der Waals surface area contributed by atoms with Gasteiger partial charge in [-0.3, -0.25) is 0 Å². The maximum Gasteiger partial charge on any atom is 0.0491 e. The molecule has 0 atom stereocenters. The number of para-hydroxylation sites is 1. The highest BCUT2D eigenvalue weighted by atomic mass is 35.5. The maximum atomic E-state index is 6.41. The van der Waals surface area contributed by atoms with Gasteiger partial charge in [-0.05, 0) is 68.7 Å². The molecular weight excluding hydrogens is 402 g/mol. The maximum absolute atomic E-state index is 6.41. The first-order valence-electron chi connectivity index (χ1n) is 12.0. The Morgan fingerprint density at radius 1 is 0.839 bits per heavy atom. The van der Waals surface area contributed by atoms with Gasteiger partial charge in [-0.25, -0.2) is 0 Å². The van der Waals surface area contributed by atoms with Gasteiger partial charge in [-0.1, -0.05) is 74.7 Å². The van der Waals surface area contributed by atoms with Crippen molar-refractivity contribution in [3.05, 3.63) is 70.9 Å². The Balaban J connectivity index is 1.56. The summed E-state index contributed by atoms with van der Waals surface area (Å²) in [6.07, 6.45) is 8.66. The summed E-state index contributed by atoms with van der Waals surface area (Å²) < 4.78 is 2.32. The van der Waals surface area contributed by atoms with E-state index in [-0.39, 0.29) is 0 Å². The molecule has 0 radical (unpaired) electrons. The molecule has 4 heteroatoms. The summed E-state index contributed by atoms with van der Waals surface area (Å²) in [4.78, 5) is 2.64. The Morgan fingerprint density at radius 3 is 2.26 bits per heavy atom. The van der Waals surface area contributed by atoms with Crippen LogP contribution in [0.15, 0.2) is 54.7 Å². The van der Waals surface area contributed by atoms with Gasteiger partial charge in [0.25, 0.3) is 0 Å². The van der Waals surface area contributed by atoms with Crippen LogP contribution in [0.2, 0.25) is 5.02 Å². The lowest BCUT2D eigenvalue weighted by molar-refractivity contribution is 0.261. The van der Waals surface area contributed by atoms with Crippen LogP contribution in [0.5, 0.6) is 0 Å². The monoisotopic (exact) mass is 439 g/mol. The van der Waals surface area contributed by atoms with E-state index in [0.717, 1.165) is 30.2 Å². The summed E-state index contributed by atoms with van der Waals surface area (Å²) in [6.45, 7) is 11.0. The van der Waals surface area contributed by atoms with Crippen LogP contribution in [0.1, 0.15) is 57.1 Å². The molecule has 31 heavy (non-hydrogen) atoms. The molecule has 2 aromatic carbocycles. The zero-order chi connectivity index (χ0) is 21.9. The summed E-state index contributed by atoms with van der Waals surface area (Å²) in [5.41, 5.74) is 3.78. The molecule has 0 fully saturated rings. The summed E-state index contributed by atoms with van der Waals surface area (Å²) >= 11 is 6.41. The molecule has 3 nitrogen and oxygen atoms in total. The van der Waals surface area contributed by atoms with Crippen molar-refractivity contribution < 1.29 is 0 Å². The molecule has 0 aliphatic carbocycles. The van der Waals surface area contributed by atoms with E-state index in [1.807, 2.05) is 12.1 Å². The topological polar surface area (TPSA) is 20.2 Å². The molecule has 0 saturated carbocycles. The van der Waals surface area contributed by atoms with E-state index >= 15 is 0 Å². The summed E-state index contributed by atoms with van der Waals surface area (Å²) in [6, 6.07) is 16.8. The molecule has 0 bridgehead atoms. The molecule has 0 unspecified atom stereocenters. The van der Waals surface area contributed by atoms with E-state index in [9.17, 15) is 0 Å². The fraction of sp³-hybridized carbons (Fsp3) is 0.481. The number of aromatic nitrogens is 1. The first-order valence-corrected chi connectivity index (χ1v) is 12.3. The fourth-order valence-corrected chi connectivity index (χ4v) is 4.35. The Morgan fingerprint density at radius 2 is 1.52 bits per heavy atom. The van der Waals surface area contributed by atoms with Crippen LogP contribution in [-0.2, 0) is 13.1 Å². The van der Waals surface area contributed by atoms with Gasteiger partial charge in [0.15, 0.2) is 0 Å². The molecule has 168 valence electrons. The Bertz CT molecular complexity index is 910. The van der Waals surface area contributed by atoms with E-state index in [2.05, 4.69) is 71.2 Å². The third-order valence-electron chi connectivity index (χ3n) is 5.97.